The van der Waals surface area contributed by atoms with Gasteiger partial charge in [-0.15, -0.1) is 0 Å². The molecule has 2 aliphatic heterocycles. The number of rotatable bonds is 1. The Morgan fingerprint density at radius 3 is 2.33 bits per heavy atom. The van der Waals surface area contributed by atoms with Gasteiger partial charge < -0.3 is 10.5 Å². The summed E-state index contributed by atoms with van der Waals surface area (Å²) in [7, 11) is 1.50. The Kier molecular flexibility index (Phi) is 4.09. The number of alkyl halides is 1. The van der Waals surface area contributed by atoms with Crippen LogP contribution in [-0.2, 0) is 4.74 Å². The van der Waals surface area contributed by atoms with Crippen molar-refractivity contribution in [3.05, 3.63) is 0 Å². The van der Waals surface area contributed by atoms with E-state index >= 15 is 0 Å². The van der Waals surface area contributed by atoms with Crippen molar-refractivity contribution in [2.75, 3.05) is 33.4 Å². The van der Waals surface area contributed by atoms with Gasteiger partial charge in [0.05, 0.1) is 18.8 Å². The van der Waals surface area contributed by atoms with Crippen molar-refractivity contribution < 1.29 is 10.6 Å². The molecular weight excluding hydrogens is 195 g/mol. The number of ether oxygens (including phenoxy) is 1. The fraction of sp³-hybridized carbons (Fsp3) is 1.00. The molecule has 0 saturated carbocycles. The summed E-state index contributed by atoms with van der Waals surface area (Å²) < 4.78 is 18.9. The van der Waals surface area contributed by atoms with E-state index in [1.807, 2.05) is 0 Å². The number of nitrogens with two attached hydrogens (primary N) is 1. The van der Waals surface area contributed by atoms with Gasteiger partial charge in [-0.05, 0) is 40.3 Å². The lowest BCUT2D eigenvalue weighted by molar-refractivity contribution is -0.149. The largest absolute Gasteiger partial charge is 0.377 e. The Morgan fingerprint density at radius 2 is 1.93 bits per heavy atom. The Labute approximate surface area is 93.2 Å². The molecule has 0 radical (unpaired) electrons. The zero-order valence-electron chi connectivity index (χ0n) is 10.1. The maximum absolute atomic E-state index is 13.7. The normalized spacial score (nSPS) is 35.0. The molecule has 0 aromatic rings. The van der Waals surface area contributed by atoms with Crippen molar-refractivity contribution in [2.24, 2.45) is 5.73 Å². The molecule has 3 nitrogen and oxygen atoms in total. The molecule has 4 heteroatoms. The van der Waals surface area contributed by atoms with Gasteiger partial charge in [0.2, 0.25) is 0 Å². The third-order valence-corrected chi connectivity index (χ3v) is 3.24. The Hall–Kier alpha value is -0.190. The van der Waals surface area contributed by atoms with Crippen molar-refractivity contribution >= 4 is 0 Å². The van der Waals surface area contributed by atoms with Crippen molar-refractivity contribution in [3.63, 3.8) is 0 Å². The van der Waals surface area contributed by atoms with Gasteiger partial charge in [0.15, 0.2) is 0 Å². The molecule has 15 heavy (non-hydrogen) atoms. The van der Waals surface area contributed by atoms with Gasteiger partial charge in [0.25, 0.3) is 0 Å². The average molecular weight is 220 g/mol. The molecule has 0 bridgehead atoms. The minimum Gasteiger partial charge on any atom is -0.377 e. The summed E-state index contributed by atoms with van der Waals surface area (Å²) in [4.78, 5) is 2.25. The molecule has 2 rings (SSSR count). The number of piperidine rings is 1. The first-order valence-corrected chi connectivity index (χ1v) is 5.61. The van der Waals surface area contributed by atoms with E-state index in [1.165, 1.54) is 7.05 Å². The molecule has 92 valence electrons. The first-order chi connectivity index (χ1) is 7.02. The summed E-state index contributed by atoms with van der Waals surface area (Å²) >= 11 is 0. The minimum atomic E-state index is -0.989. The molecule has 0 amide bonds. The van der Waals surface area contributed by atoms with Crippen LogP contribution in [0.3, 0.4) is 0 Å². The zero-order valence-corrected chi connectivity index (χ0v) is 10.1. The SMILES string of the molecule is CC1(F)CCCN(C2(C)COC2)C1.CN.[HH]. The summed E-state index contributed by atoms with van der Waals surface area (Å²) in [5, 5.41) is 0. The lowest BCUT2D eigenvalue weighted by Gasteiger charge is -2.51. The third kappa shape index (κ3) is 2.89. The van der Waals surface area contributed by atoms with E-state index < -0.39 is 5.67 Å². The molecule has 2 saturated heterocycles. The predicted octanol–water partition coefficient (Wildman–Crippen LogP) is 1.42. The van der Waals surface area contributed by atoms with E-state index in [0.29, 0.717) is 13.0 Å². The van der Waals surface area contributed by atoms with Crippen LogP contribution in [0, 0.1) is 0 Å². The molecule has 0 aromatic heterocycles. The predicted molar refractivity (Wildman–Crippen MR) is 61.8 cm³/mol. The fourth-order valence-corrected chi connectivity index (χ4v) is 2.24. The maximum Gasteiger partial charge on any atom is 0.121 e. The van der Waals surface area contributed by atoms with Crippen molar-refractivity contribution in [1.29, 1.82) is 0 Å². The first-order valence-electron chi connectivity index (χ1n) is 5.61. The van der Waals surface area contributed by atoms with Crippen LogP contribution < -0.4 is 5.73 Å². The quantitative estimate of drug-likeness (QED) is 0.726. The second kappa shape index (κ2) is 4.76. The lowest BCUT2D eigenvalue weighted by atomic mass is 9.89. The van der Waals surface area contributed by atoms with E-state index in [1.54, 1.807) is 6.92 Å². The van der Waals surface area contributed by atoms with Crippen molar-refractivity contribution in [2.45, 2.75) is 37.9 Å². The van der Waals surface area contributed by atoms with Crippen LogP contribution in [0.2, 0.25) is 0 Å². The van der Waals surface area contributed by atoms with Crippen LogP contribution in [0.1, 0.15) is 28.1 Å². The highest BCUT2D eigenvalue weighted by molar-refractivity contribution is 4.97. The zero-order chi connectivity index (χ0) is 11.5. The smallest absolute Gasteiger partial charge is 0.121 e. The lowest BCUT2D eigenvalue weighted by Crippen LogP contribution is -2.64. The van der Waals surface area contributed by atoms with Crippen LogP contribution >= 0.6 is 0 Å². The topological polar surface area (TPSA) is 38.5 Å². The van der Waals surface area contributed by atoms with Gasteiger partial charge in [-0.1, -0.05) is 0 Å². The van der Waals surface area contributed by atoms with Gasteiger partial charge in [0.1, 0.15) is 5.67 Å². The monoisotopic (exact) mass is 220 g/mol. The molecule has 2 fully saturated rings. The third-order valence-electron chi connectivity index (χ3n) is 3.24. The fourth-order valence-electron chi connectivity index (χ4n) is 2.24. The van der Waals surface area contributed by atoms with Crippen LogP contribution in [0.15, 0.2) is 0 Å². The second-order valence-corrected chi connectivity index (χ2v) is 4.93. The number of hydrogen-bond donors (Lipinski definition) is 1. The van der Waals surface area contributed by atoms with Gasteiger partial charge in [-0.25, -0.2) is 4.39 Å². The Balaban J connectivity index is 0.000000711. The van der Waals surface area contributed by atoms with E-state index in [-0.39, 0.29) is 6.97 Å². The molecule has 0 aromatic carbocycles. The van der Waals surface area contributed by atoms with E-state index in [2.05, 4.69) is 17.6 Å². The Bertz CT molecular complexity index is 210. The highest BCUT2D eigenvalue weighted by Gasteiger charge is 2.44. The highest BCUT2D eigenvalue weighted by Crippen LogP contribution is 2.32. The van der Waals surface area contributed by atoms with E-state index in [0.717, 1.165) is 26.2 Å². The summed E-state index contributed by atoms with van der Waals surface area (Å²) in [5.74, 6) is 0. The van der Waals surface area contributed by atoms with Gasteiger partial charge >= 0.3 is 0 Å². The van der Waals surface area contributed by atoms with Gasteiger partial charge in [-0.3, -0.25) is 4.90 Å². The standard InChI is InChI=1S/C10H18FNO.CH5N.H2/c1-9(11)4-3-5-12(6-9)10(2)7-13-8-10;1-2;/h3-8H2,1-2H3;2H2,1H3;1H. The highest BCUT2D eigenvalue weighted by atomic mass is 19.1. The van der Waals surface area contributed by atoms with Gasteiger partial charge in [0, 0.05) is 7.97 Å². The maximum atomic E-state index is 13.7. The van der Waals surface area contributed by atoms with E-state index in [9.17, 15) is 4.39 Å². The second-order valence-electron chi connectivity index (χ2n) is 4.93. The summed E-state index contributed by atoms with van der Waals surface area (Å²) in [6.45, 7) is 7.01. The van der Waals surface area contributed by atoms with Crippen LogP contribution in [0.5, 0.6) is 0 Å². The summed E-state index contributed by atoms with van der Waals surface area (Å²) in [6, 6.07) is 0. The molecule has 2 N–H and O–H groups in total. The van der Waals surface area contributed by atoms with Crippen molar-refractivity contribution in [3.8, 4) is 0 Å². The number of nitrogens with zero attached hydrogens (tertiary/aromatic N) is 1. The molecule has 0 aliphatic carbocycles. The number of likely N-dealkylation sites (tertiary alicyclic amines) is 1. The number of hydrogen-bond acceptors (Lipinski definition) is 3. The molecule has 1 unspecified atom stereocenters. The van der Waals surface area contributed by atoms with Crippen molar-refractivity contribution in [1.82, 2.24) is 4.90 Å². The van der Waals surface area contributed by atoms with Gasteiger partial charge in [-0.2, -0.15) is 0 Å². The molecule has 0 spiro atoms. The molecule has 1 atom stereocenters. The Morgan fingerprint density at radius 1 is 1.33 bits per heavy atom. The molecule has 2 heterocycles. The van der Waals surface area contributed by atoms with E-state index in [4.69, 9.17) is 4.74 Å². The van der Waals surface area contributed by atoms with Crippen LogP contribution in [0.25, 0.3) is 0 Å². The van der Waals surface area contributed by atoms with Crippen LogP contribution in [-0.4, -0.2) is 49.5 Å². The van der Waals surface area contributed by atoms with Crippen LogP contribution in [0.4, 0.5) is 4.39 Å². The first kappa shape index (κ1) is 12.9. The molecule has 2 aliphatic rings. The molecular formula is C11H25FN2O. The number of halogens is 1. The summed E-state index contributed by atoms with van der Waals surface area (Å²) in [5.41, 5.74) is 3.63. The average Bonchev–Trinajstić information content (AvgIpc) is 2.16. The minimum absolute atomic E-state index is 0. The summed E-state index contributed by atoms with van der Waals surface area (Å²) in [6.07, 6.45) is 1.68.